The minimum Gasteiger partial charge on any atom is -0.439 e. The van der Waals surface area contributed by atoms with E-state index in [9.17, 15) is 13.4 Å². The summed E-state index contributed by atoms with van der Waals surface area (Å²) in [4.78, 5) is 15.4. The molecular weight excluding hydrogens is 461 g/mol. The van der Waals surface area contributed by atoms with Crippen LogP contribution in [0.2, 0.25) is 0 Å². The summed E-state index contributed by atoms with van der Waals surface area (Å²) in [6, 6.07) is 16.9. The summed E-state index contributed by atoms with van der Waals surface area (Å²) in [7, 11) is -1.12. The van der Waals surface area contributed by atoms with E-state index in [1.807, 2.05) is 71.0 Å². The third-order valence-electron chi connectivity index (χ3n) is 6.77. The van der Waals surface area contributed by atoms with Crippen LogP contribution < -0.4 is 0 Å². The maximum Gasteiger partial charge on any atom is 0.411 e. The van der Waals surface area contributed by atoms with Crippen molar-refractivity contribution < 1.29 is 18.1 Å². The van der Waals surface area contributed by atoms with E-state index in [0.29, 0.717) is 17.0 Å². The SMILES string of the molecule is Cc1ccc(-c2cc(C(C)C)c(F)cc2C)c(CN2C(=O)O[C@H](c3cccc(S(C)=O)c3)[C@@H]2C)c1. The highest BCUT2D eigenvalue weighted by atomic mass is 32.2. The van der Waals surface area contributed by atoms with Crippen LogP contribution in [0.4, 0.5) is 9.18 Å². The summed E-state index contributed by atoms with van der Waals surface area (Å²) in [6.45, 7) is 10.3. The quantitative estimate of drug-likeness (QED) is 0.370. The summed E-state index contributed by atoms with van der Waals surface area (Å²) >= 11 is 0. The van der Waals surface area contributed by atoms with Gasteiger partial charge in [-0.25, -0.2) is 9.18 Å². The van der Waals surface area contributed by atoms with E-state index in [1.54, 1.807) is 17.2 Å². The molecule has 4 rings (SSSR count). The number of hydrogen-bond acceptors (Lipinski definition) is 3. The van der Waals surface area contributed by atoms with E-state index in [-0.39, 0.29) is 23.9 Å². The molecule has 184 valence electrons. The molecule has 0 saturated carbocycles. The highest BCUT2D eigenvalue weighted by Gasteiger charge is 2.40. The second-order valence-corrected chi connectivity index (χ2v) is 11.1. The molecule has 1 amide bonds. The first kappa shape index (κ1) is 25.1. The second kappa shape index (κ2) is 9.94. The molecule has 0 spiro atoms. The van der Waals surface area contributed by atoms with E-state index in [4.69, 9.17) is 4.74 Å². The molecule has 1 fully saturated rings. The number of carbonyl (C=O) groups is 1. The zero-order chi connectivity index (χ0) is 25.4. The molecule has 0 aliphatic carbocycles. The number of aryl methyl sites for hydroxylation is 2. The molecule has 0 radical (unpaired) electrons. The number of benzene rings is 3. The van der Waals surface area contributed by atoms with E-state index in [0.717, 1.165) is 33.4 Å². The highest BCUT2D eigenvalue weighted by Crippen LogP contribution is 2.37. The molecule has 0 N–H and O–H groups in total. The van der Waals surface area contributed by atoms with Crippen LogP contribution in [0.3, 0.4) is 0 Å². The molecule has 3 aromatic rings. The Bertz CT molecular complexity index is 1300. The maximum atomic E-state index is 14.6. The van der Waals surface area contributed by atoms with E-state index < -0.39 is 16.9 Å². The van der Waals surface area contributed by atoms with Crippen LogP contribution in [0.25, 0.3) is 11.1 Å². The van der Waals surface area contributed by atoms with Crippen LogP contribution in [0.15, 0.2) is 59.5 Å². The molecule has 1 saturated heterocycles. The van der Waals surface area contributed by atoms with Gasteiger partial charge in [0.05, 0.1) is 12.6 Å². The topological polar surface area (TPSA) is 46.6 Å². The lowest BCUT2D eigenvalue weighted by Crippen LogP contribution is -2.31. The first-order valence-corrected chi connectivity index (χ1v) is 13.4. The van der Waals surface area contributed by atoms with Gasteiger partial charge in [0.1, 0.15) is 11.9 Å². The first-order valence-electron chi connectivity index (χ1n) is 11.9. The molecule has 0 aromatic heterocycles. The largest absolute Gasteiger partial charge is 0.439 e. The molecule has 1 unspecified atom stereocenters. The van der Waals surface area contributed by atoms with Gasteiger partial charge >= 0.3 is 6.09 Å². The Morgan fingerprint density at radius 1 is 1.06 bits per heavy atom. The number of nitrogens with zero attached hydrogens (tertiary/aromatic N) is 1. The third-order valence-corrected chi connectivity index (χ3v) is 7.69. The van der Waals surface area contributed by atoms with Crippen LogP contribution in [0, 0.1) is 19.7 Å². The van der Waals surface area contributed by atoms with Crippen molar-refractivity contribution in [3.8, 4) is 11.1 Å². The molecule has 1 aliphatic heterocycles. The van der Waals surface area contributed by atoms with Gasteiger partial charge in [-0.2, -0.15) is 0 Å². The van der Waals surface area contributed by atoms with Crippen LogP contribution in [0.1, 0.15) is 60.6 Å². The fourth-order valence-electron chi connectivity index (χ4n) is 4.75. The molecule has 3 atom stereocenters. The summed E-state index contributed by atoms with van der Waals surface area (Å²) in [5.41, 5.74) is 6.41. The number of halogens is 1. The zero-order valence-electron chi connectivity index (χ0n) is 21.1. The molecule has 6 heteroatoms. The number of cyclic esters (lactones) is 1. The number of amides is 1. The Labute approximate surface area is 209 Å². The minimum absolute atomic E-state index is 0.0609. The Morgan fingerprint density at radius 2 is 1.80 bits per heavy atom. The van der Waals surface area contributed by atoms with Gasteiger partial charge in [-0.15, -0.1) is 0 Å². The van der Waals surface area contributed by atoms with Crippen molar-refractivity contribution >= 4 is 16.9 Å². The van der Waals surface area contributed by atoms with Crippen molar-refractivity contribution in [3.63, 3.8) is 0 Å². The molecule has 35 heavy (non-hydrogen) atoms. The monoisotopic (exact) mass is 493 g/mol. The van der Waals surface area contributed by atoms with E-state index in [2.05, 4.69) is 12.1 Å². The van der Waals surface area contributed by atoms with E-state index in [1.165, 1.54) is 0 Å². The number of carbonyl (C=O) groups excluding carboxylic acids is 1. The van der Waals surface area contributed by atoms with Gasteiger partial charge in [0.15, 0.2) is 0 Å². The Hall–Kier alpha value is -2.99. The summed E-state index contributed by atoms with van der Waals surface area (Å²) < 4.78 is 32.3. The fourth-order valence-corrected chi connectivity index (χ4v) is 5.32. The normalized spacial score (nSPS) is 18.7. The van der Waals surface area contributed by atoms with Crippen molar-refractivity contribution in [1.82, 2.24) is 4.90 Å². The summed E-state index contributed by atoms with van der Waals surface area (Å²) in [5, 5.41) is 0. The van der Waals surface area contributed by atoms with Crippen molar-refractivity contribution in [2.24, 2.45) is 0 Å². The molecule has 4 nitrogen and oxygen atoms in total. The Morgan fingerprint density at radius 3 is 2.49 bits per heavy atom. The van der Waals surface area contributed by atoms with Gasteiger partial charge in [0.25, 0.3) is 0 Å². The minimum atomic E-state index is -1.12. The molecule has 1 aliphatic rings. The highest BCUT2D eigenvalue weighted by molar-refractivity contribution is 7.84. The lowest BCUT2D eigenvalue weighted by Gasteiger charge is -2.23. The van der Waals surface area contributed by atoms with Gasteiger partial charge in [-0.05, 0) is 84.3 Å². The molecule has 0 bridgehead atoms. The van der Waals surface area contributed by atoms with Gasteiger partial charge in [0, 0.05) is 22.0 Å². The second-order valence-electron chi connectivity index (χ2n) is 9.70. The lowest BCUT2D eigenvalue weighted by molar-refractivity contribution is 0.130. The molecule has 1 heterocycles. The van der Waals surface area contributed by atoms with Crippen molar-refractivity contribution in [2.45, 2.75) is 64.1 Å². The Kier molecular flexibility index (Phi) is 7.13. The number of hydrogen-bond donors (Lipinski definition) is 0. The fraction of sp³-hybridized carbons (Fsp3) is 0.345. The first-order chi connectivity index (χ1) is 16.6. The molecule has 3 aromatic carbocycles. The average molecular weight is 494 g/mol. The predicted octanol–water partition coefficient (Wildman–Crippen LogP) is 7.05. The standard InChI is InChI=1S/C29H32FNO3S/c1-17(2)25-15-26(19(4)13-27(25)30)24-11-10-18(3)12-22(24)16-31-20(5)28(34-29(31)32)21-8-7-9-23(14-21)35(6)33/h7-15,17,20,28H,16H2,1-6H3/t20-,28-,35?/m0/s1. The van der Waals surface area contributed by atoms with Crippen molar-refractivity contribution in [2.75, 3.05) is 6.26 Å². The van der Waals surface area contributed by atoms with Gasteiger partial charge in [-0.3, -0.25) is 9.11 Å². The maximum absolute atomic E-state index is 14.6. The smallest absolute Gasteiger partial charge is 0.411 e. The van der Waals surface area contributed by atoms with Crippen LogP contribution in [-0.2, 0) is 22.1 Å². The van der Waals surface area contributed by atoms with Gasteiger partial charge < -0.3 is 4.74 Å². The molecular formula is C29H32FNO3S. The number of rotatable bonds is 6. The van der Waals surface area contributed by atoms with Crippen LogP contribution >= 0.6 is 0 Å². The van der Waals surface area contributed by atoms with Crippen molar-refractivity contribution in [3.05, 3.63) is 88.2 Å². The van der Waals surface area contributed by atoms with Crippen molar-refractivity contribution in [1.29, 1.82) is 0 Å². The number of ether oxygens (including phenoxy) is 1. The Balaban J connectivity index is 1.70. The van der Waals surface area contributed by atoms with E-state index >= 15 is 0 Å². The van der Waals surface area contributed by atoms with Gasteiger partial charge in [-0.1, -0.05) is 49.7 Å². The zero-order valence-corrected chi connectivity index (χ0v) is 21.9. The third kappa shape index (κ3) is 5.03. The van der Waals surface area contributed by atoms with Crippen LogP contribution in [-0.4, -0.2) is 27.5 Å². The van der Waals surface area contributed by atoms with Gasteiger partial charge in [0.2, 0.25) is 0 Å². The predicted molar refractivity (Wildman–Crippen MR) is 138 cm³/mol. The average Bonchev–Trinajstić information content (AvgIpc) is 3.08. The summed E-state index contributed by atoms with van der Waals surface area (Å²) in [5.74, 6) is -0.129. The lowest BCUT2D eigenvalue weighted by atomic mass is 9.90. The summed E-state index contributed by atoms with van der Waals surface area (Å²) in [6.07, 6.45) is 0.813. The van der Waals surface area contributed by atoms with Crippen LogP contribution in [0.5, 0.6) is 0 Å².